The first kappa shape index (κ1) is 15.7. The van der Waals surface area contributed by atoms with Crippen molar-refractivity contribution >= 4 is 18.3 Å². The van der Waals surface area contributed by atoms with E-state index >= 15 is 0 Å². The first-order chi connectivity index (χ1) is 8.07. The van der Waals surface area contributed by atoms with Crippen molar-refractivity contribution in [1.29, 1.82) is 0 Å². The van der Waals surface area contributed by atoms with Gasteiger partial charge in [-0.3, -0.25) is 4.79 Å². The zero-order valence-corrected chi connectivity index (χ0v) is 12.3. The zero-order valence-electron chi connectivity index (χ0n) is 11.5. The maximum absolute atomic E-state index is 11.1. The molecule has 2 N–H and O–H groups in total. The molecular formula is C13H26ClN3O. The minimum atomic E-state index is 0. The maximum Gasteiger partial charge on any atom is 0.217 e. The van der Waals surface area contributed by atoms with Gasteiger partial charge < -0.3 is 15.5 Å². The molecule has 0 saturated carbocycles. The molecule has 2 saturated heterocycles. The van der Waals surface area contributed by atoms with Crippen LogP contribution in [0.15, 0.2) is 0 Å². The molecule has 18 heavy (non-hydrogen) atoms. The van der Waals surface area contributed by atoms with Crippen molar-refractivity contribution in [2.24, 2.45) is 5.41 Å². The molecule has 106 valence electrons. The Hall–Kier alpha value is -0.320. The van der Waals surface area contributed by atoms with Gasteiger partial charge in [-0.1, -0.05) is 6.92 Å². The number of nitrogens with one attached hydrogen (secondary N) is 2. The van der Waals surface area contributed by atoms with Gasteiger partial charge in [-0.15, -0.1) is 12.4 Å². The van der Waals surface area contributed by atoms with Crippen LogP contribution in [0.2, 0.25) is 0 Å². The van der Waals surface area contributed by atoms with Crippen LogP contribution in [0, 0.1) is 5.41 Å². The fourth-order valence-electron chi connectivity index (χ4n) is 3.15. The zero-order chi connectivity index (χ0) is 12.3. The van der Waals surface area contributed by atoms with E-state index in [-0.39, 0.29) is 18.3 Å². The lowest BCUT2D eigenvalue weighted by Crippen LogP contribution is -2.50. The molecule has 5 heteroatoms. The van der Waals surface area contributed by atoms with Crippen molar-refractivity contribution in [2.75, 3.05) is 32.7 Å². The van der Waals surface area contributed by atoms with E-state index in [9.17, 15) is 4.79 Å². The SMILES string of the molecule is CC(=O)NC1CCCN(CC2(C)CCNC2)C1.Cl. The van der Waals surface area contributed by atoms with Crippen LogP contribution in [0.3, 0.4) is 0 Å². The lowest BCUT2D eigenvalue weighted by molar-refractivity contribution is -0.120. The first-order valence-electron chi connectivity index (χ1n) is 6.78. The summed E-state index contributed by atoms with van der Waals surface area (Å²) < 4.78 is 0. The second kappa shape index (κ2) is 6.73. The van der Waals surface area contributed by atoms with E-state index in [2.05, 4.69) is 22.5 Å². The average molecular weight is 276 g/mol. The fourth-order valence-corrected chi connectivity index (χ4v) is 3.15. The summed E-state index contributed by atoms with van der Waals surface area (Å²) in [4.78, 5) is 13.6. The fraction of sp³-hybridized carbons (Fsp3) is 0.923. The van der Waals surface area contributed by atoms with Crippen molar-refractivity contribution in [3.8, 4) is 0 Å². The second-order valence-corrected chi connectivity index (χ2v) is 6.01. The molecule has 2 fully saturated rings. The van der Waals surface area contributed by atoms with Gasteiger partial charge in [0.25, 0.3) is 0 Å². The highest BCUT2D eigenvalue weighted by Crippen LogP contribution is 2.27. The van der Waals surface area contributed by atoms with Crippen LogP contribution < -0.4 is 10.6 Å². The Morgan fingerprint density at radius 3 is 2.94 bits per heavy atom. The van der Waals surface area contributed by atoms with Crippen molar-refractivity contribution in [3.63, 3.8) is 0 Å². The van der Waals surface area contributed by atoms with Crippen LogP contribution >= 0.6 is 12.4 Å². The molecule has 2 rings (SSSR count). The molecule has 2 atom stereocenters. The number of halogens is 1. The third-order valence-corrected chi connectivity index (χ3v) is 3.98. The van der Waals surface area contributed by atoms with Gasteiger partial charge in [0, 0.05) is 32.6 Å². The van der Waals surface area contributed by atoms with Gasteiger partial charge in [0.2, 0.25) is 5.91 Å². The summed E-state index contributed by atoms with van der Waals surface area (Å²) in [6, 6.07) is 0.360. The third kappa shape index (κ3) is 4.41. The number of hydrogen-bond donors (Lipinski definition) is 2. The van der Waals surface area contributed by atoms with Gasteiger partial charge >= 0.3 is 0 Å². The molecule has 2 aliphatic rings. The Bertz CT molecular complexity index is 279. The van der Waals surface area contributed by atoms with Crippen LogP contribution in [0.5, 0.6) is 0 Å². The van der Waals surface area contributed by atoms with E-state index in [1.54, 1.807) is 6.92 Å². The third-order valence-electron chi connectivity index (χ3n) is 3.98. The maximum atomic E-state index is 11.1. The molecule has 0 aliphatic carbocycles. The second-order valence-electron chi connectivity index (χ2n) is 6.01. The standard InChI is InChI=1S/C13H25N3O.ClH/c1-11(17)15-12-4-3-7-16(8-12)10-13(2)5-6-14-9-13;/h12,14H,3-10H2,1-2H3,(H,15,17);1H. The van der Waals surface area contributed by atoms with Gasteiger partial charge in [0.05, 0.1) is 0 Å². The van der Waals surface area contributed by atoms with Gasteiger partial charge in [-0.2, -0.15) is 0 Å². The minimum Gasteiger partial charge on any atom is -0.352 e. The number of piperidine rings is 1. The number of carbonyl (C=O) groups excluding carboxylic acids is 1. The summed E-state index contributed by atoms with van der Waals surface area (Å²) in [5.41, 5.74) is 0.429. The van der Waals surface area contributed by atoms with E-state index in [1.807, 2.05) is 0 Å². The predicted molar refractivity (Wildman–Crippen MR) is 76.1 cm³/mol. The average Bonchev–Trinajstić information content (AvgIpc) is 2.64. The number of rotatable bonds is 3. The Morgan fingerprint density at radius 2 is 2.33 bits per heavy atom. The summed E-state index contributed by atoms with van der Waals surface area (Å²) in [6.07, 6.45) is 3.60. The Kier molecular flexibility index (Phi) is 5.89. The summed E-state index contributed by atoms with van der Waals surface area (Å²) in [5, 5.41) is 6.50. The molecule has 4 nitrogen and oxygen atoms in total. The van der Waals surface area contributed by atoms with E-state index in [0.717, 1.165) is 32.6 Å². The molecule has 0 aromatic carbocycles. The van der Waals surface area contributed by atoms with Gasteiger partial charge in [0.15, 0.2) is 0 Å². The summed E-state index contributed by atoms with van der Waals surface area (Å²) in [7, 11) is 0. The van der Waals surface area contributed by atoms with Crippen molar-refractivity contribution in [2.45, 2.75) is 39.2 Å². The lowest BCUT2D eigenvalue weighted by Gasteiger charge is -2.37. The number of amides is 1. The minimum absolute atomic E-state index is 0. The summed E-state index contributed by atoms with van der Waals surface area (Å²) in [5.74, 6) is 0.102. The molecule has 2 aliphatic heterocycles. The number of hydrogen-bond acceptors (Lipinski definition) is 3. The highest BCUT2D eigenvalue weighted by molar-refractivity contribution is 5.85. The number of likely N-dealkylation sites (tertiary alicyclic amines) is 1. The van der Waals surface area contributed by atoms with Crippen LogP contribution in [0.25, 0.3) is 0 Å². The molecule has 0 radical (unpaired) electrons. The lowest BCUT2D eigenvalue weighted by atomic mass is 9.88. The summed E-state index contributed by atoms with van der Waals surface area (Å²) >= 11 is 0. The van der Waals surface area contributed by atoms with Gasteiger partial charge in [-0.25, -0.2) is 0 Å². The van der Waals surface area contributed by atoms with E-state index in [4.69, 9.17) is 0 Å². The van der Waals surface area contributed by atoms with Crippen LogP contribution in [0.4, 0.5) is 0 Å². The first-order valence-corrected chi connectivity index (χ1v) is 6.78. The molecule has 0 aromatic heterocycles. The topological polar surface area (TPSA) is 44.4 Å². The van der Waals surface area contributed by atoms with Crippen LogP contribution in [-0.4, -0.2) is 49.6 Å². The van der Waals surface area contributed by atoms with E-state index in [1.165, 1.54) is 19.4 Å². The van der Waals surface area contributed by atoms with Crippen molar-refractivity contribution < 1.29 is 4.79 Å². The monoisotopic (exact) mass is 275 g/mol. The molecule has 1 amide bonds. The van der Waals surface area contributed by atoms with E-state index in [0.29, 0.717) is 11.5 Å². The molecule has 2 unspecified atom stereocenters. The Labute approximate surface area is 116 Å². The number of carbonyl (C=O) groups is 1. The van der Waals surface area contributed by atoms with Crippen molar-refractivity contribution in [1.82, 2.24) is 15.5 Å². The van der Waals surface area contributed by atoms with Crippen LogP contribution in [0.1, 0.15) is 33.1 Å². The van der Waals surface area contributed by atoms with Gasteiger partial charge in [-0.05, 0) is 37.8 Å². The molecule has 0 bridgehead atoms. The highest BCUT2D eigenvalue weighted by Gasteiger charge is 2.32. The van der Waals surface area contributed by atoms with Gasteiger partial charge in [0.1, 0.15) is 0 Å². The molecule has 2 heterocycles. The quantitative estimate of drug-likeness (QED) is 0.808. The summed E-state index contributed by atoms with van der Waals surface area (Å²) in [6.45, 7) is 9.64. The van der Waals surface area contributed by atoms with E-state index < -0.39 is 0 Å². The number of nitrogens with zero attached hydrogens (tertiary/aromatic N) is 1. The highest BCUT2D eigenvalue weighted by atomic mass is 35.5. The predicted octanol–water partition coefficient (Wildman–Crippen LogP) is 1.01. The van der Waals surface area contributed by atoms with Crippen molar-refractivity contribution in [3.05, 3.63) is 0 Å². The largest absolute Gasteiger partial charge is 0.352 e. The normalized spacial score (nSPS) is 32.9. The smallest absolute Gasteiger partial charge is 0.217 e. The molecular weight excluding hydrogens is 250 g/mol. The molecule has 0 spiro atoms. The Balaban J connectivity index is 0.00000162. The Morgan fingerprint density at radius 1 is 1.56 bits per heavy atom. The van der Waals surface area contributed by atoms with Crippen LogP contribution in [-0.2, 0) is 4.79 Å². The molecule has 0 aromatic rings.